The fourth-order valence-corrected chi connectivity index (χ4v) is 57.7. The van der Waals surface area contributed by atoms with Gasteiger partial charge in [-0.1, -0.05) is 86.5 Å². The molecule has 0 saturated carbocycles. The van der Waals surface area contributed by atoms with Crippen LogP contribution in [0.1, 0.15) is 41.5 Å². The minimum absolute atomic E-state index is 0.0116. The summed E-state index contributed by atoms with van der Waals surface area (Å²) in [7, 11) is -6.22. The molecule has 1 heterocycles. The molecule has 0 fully saturated rings. The molecule has 0 radical (unpaired) electrons. The van der Waals surface area contributed by atoms with Gasteiger partial charge in [0.2, 0.25) is 0 Å². The van der Waals surface area contributed by atoms with Crippen molar-refractivity contribution in [3.05, 3.63) is 11.3 Å². The van der Waals surface area contributed by atoms with E-state index in [9.17, 15) is 0 Å². The first-order chi connectivity index (χ1) is 10.5. The molecule has 0 N–H and O–H groups in total. The van der Waals surface area contributed by atoms with Gasteiger partial charge in [-0.05, 0) is 36.0 Å². The molecule has 0 aromatic heterocycles. The molecule has 25 heavy (non-hydrogen) atoms. The number of rotatable bonds is 4. The normalized spacial score (nSPS) is 25.5. The molecule has 0 bridgehead atoms. The summed E-state index contributed by atoms with van der Waals surface area (Å²) in [5.74, 6) is 0. The second-order valence-corrected chi connectivity index (χ2v) is 44.5. The van der Waals surface area contributed by atoms with Crippen LogP contribution >= 0.6 is 0 Å². The van der Waals surface area contributed by atoms with Crippen molar-refractivity contribution in [3.63, 3.8) is 0 Å². The van der Waals surface area contributed by atoms with Crippen molar-refractivity contribution in [2.45, 2.75) is 106 Å². The summed E-state index contributed by atoms with van der Waals surface area (Å²) in [5, 5.41) is 0.0116. The molecule has 0 aliphatic carbocycles. The van der Waals surface area contributed by atoms with E-state index in [2.05, 4.69) is 106 Å². The predicted octanol–water partition coefficient (Wildman–Crippen LogP) is 6.97. The Balaban J connectivity index is 4.04. The van der Waals surface area contributed by atoms with E-state index in [0.717, 1.165) is 0 Å². The second-order valence-electron chi connectivity index (χ2n) is 13.3. The topological polar surface area (TPSA) is 9.23 Å². The summed E-state index contributed by atoms with van der Waals surface area (Å²) >= 11 is 0. The minimum atomic E-state index is -1.72. The lowest BCUT2D eigenvalue weighted by Crippen LogP contribution is -2.91. The fourth-order valence-electron chi connectivity index (χ4n) is 5.66. The summed E-state index contributed by atoms with van der Waals surface area (Å²) in [4.78, 5) is 0. The van der Waals surface area contributed by atoms with Crippen LogP contribution in [0.25, 0.3) is 0 Å². The van der Waals surface area contributed by atoms with E-state index < -0.39 is 30.6 Å². The lowest BCUT2D eigenvalue weighted by Gasteiger charge is -2.73. The van der Waals surface area contributed by atoms with E-state index in [0.29, 0.717) is 0 Å². The molecular weight excluding hydrogens is 369 g/mol. The van der Waals surface area contributed by atoms with Gasteiger partial charge in [0.05, 0.1) is 5.22 Å². The highest BCUT2D eigenvalue weighted by Crippen LogP contribution is 2.63. The first-order valence-electron chi connectivity index (χ1n) is 9.99. The van der Waals surface area contributed by atoms with Crippen LogP contribution in [0.2, 0.25) is 58.9 Å². The van der Waals surface area contributed by atoms with Crippen molar-refractivity contribution in [3.8, 4) is 0 Å². The molecule has 0 unspecified atom stereocenters. The minimum Gasteiger partial charge on any atom is -0.411 e. The van der Waals surface area contributed by atoms with Gasteiger partial charge in [0.25, 0.3) is 0 Å². The lowest BCUT2D eigenvalue weighted by molar-refractivity contribution is 0.0391. The quantitative estimate of drug-likeness (QED) is 0.451. The summed E-state index contributed by atoms with van der Waals surface area (Å²) < 4.78 is 7.44. The molecule has 1 aliphatic heterocycles. The van der Waals surface area contributed by atoms with Gasteiger partial charge in [0.15, 0.2) is 8.32 Å². The van der Waals surface area contributed by atoms with E-state index in [1.165, 1.54) is 0 Å². The highest BCUT2D eigenvalue weighted by atomic mass is 29.6. The van der Waals surface area contributed by atoms with Gasteiger partial charge < -0.3 is 4.43 Å². The Hall–Kier alpha value is 0.568. The maximum atomic E-state index is 7.44. The van der Waals surface area contributed by atoms with Gasteiger partial charge >= 0.3 is 0 Å². The molecule has 1 atom stereocenters. The Morgan fingerprint density at radius 1 is 0.760 bits per heavy atom. The van der Waals surface area contributed by atoms with Crippen LogP contribution in [0.4, 0.5) is 0 Å². The maximum absolute atomic E-state index is 7.44. The molecule has 0 saturated heterocycles. The molecular formula is C20H46OSi4. The van der Waals surface area contributed by atoms with Crippen molar-refractivity contribution in [2.24, 2.45) is 10.8 Å². The average molecular weight is 415 g/mol. The van der Waals surface area contributed by atoms with Crippen LogP contribution in [0.15, 0.2) is 11.3 Å². The van der Waals surface area contributed by atoms with Crippen LogP contribution in [0.5, 0.6) is 0 Å². The van der Waals surface area contributed by atoms with Crippen molar-refractivity contribution < 1.29 is 4.43 Å². The molecule has 1 nitrogen and oxygen atoms in total. The van der Waals surface area contributed by atoms with E-state index >= 15 is 0 Å². The zero-order chi connectivity index (χ0) is 20.5. The van der Waals surface area contributed by atoms with Gasteiger partial charge in [0.1, 0.15) is 7.11 Å². The fraction of sp³-hybridized carbons (Fsp3) is 0.900. The van der Waals surface area contributed by atoms with Crippen LogP contribution in [-0.2, 0) is 4.43 Å². The maximum Gasteiger partial charge on any atom is 0.184 e. The zero-order valence-corrected chi connectivity index (χ0v) is 24.0. The molecule has 0 spiro atoms. The lowest BCUT2D eigenvalue weighted by atomic mass is 9.73. The van der Waals surface area contributed by atoms with Gasteiger partial charge in [-0.3, -0.25) is 0 Å². The van der Waals surface area contributed by atoms with E-state index in [1.807, 2.05) is 0 Å². The third kappa shape index (κ3) is 3.53. The van der Waals surface area contributed by atoms with Crippen LogP contribution < -0.4 is 0 Å². The zero-order valence-electron chi connectivity index (χ0n) is 20.0. The van der Waals surface area contributed by atoms with Crippen molar-refractivity contribution in [1.82, 2.24) is 0 Å². The first kappa shape index (κ1) is 23.6. The molecule has 0 aromatic rings. The highest BCUT2D eigenvalue weighted by Gasteiger charge is 2.76. The molecule has 1 rings (SSSR count). The molecule has 0 amide bonds. The van der Waals surface area contributed by atoms with Gasteiger partial charge in [0, 0.05) is 15.2 Å². The standard InChI is InChI=1S/C20H46OSi4/c1-18(2,3)17-16-25(23(10,11)12,24(13,14)15)20(17,19(4,5)6)21-22(7,8)9/h16H,1-15H3/t20-/m0/s1. The Bertz CT molecular complexity index is 531. The van der Waals surface area contributed by atoms with Crippen LogP contribution in [0, 0.1) is 10.8 Å². The Morgan fingerprint density at radius 2 is 1.12 bits per heavy atom. The third-order valence-electron chi connectivity index (χ3n) is 5.98. The van der Waals surface area contributed by atoms with Crippen LogP contribution in [0.3, 0.4) is 0 Å². The van der Waals surface area contributed by atoms with Crippen LogP contribution in [-0.4, -0.2) is 35.8 Å². The summed E-state index contributed by atoms with van der Waals surface area (Å²) in [6.07, 6.45) is 0. The van der Waals surface area contributed by atoms with E-state index in [-0.39, 0.29) is 16.1 Å². The summed E-state index contributed by atoms with van der Waals surface area (Å²) in [6.45, 7) is 37.6. The summed E-state index contributed by atoms with van der Waals surface area (Å²) in [5.41, 5.74) is 4.84. The molecule has 5 heteroatoms. The molecule has 0 aromatic carbocycles. The second kappa shape index (κ2) is 6.03. The molecule has 148 valence electrons. The first-order valence-corrected chi connectivity index (χ1v) is 24.5. The largest absolute Gasteiger partial charge is 0.411 e. The Morgan fingerprint density at radius 3 is 1.32 bits per heavy atom. The Labute approximate surface area is 162 Å². The average Bonchev–Trinajstić information content (AvgIpc) is 2.14. The van der Waals surface area contributed by atoms with Crippen molar-refractivity contribution in [1.29, 1.82) is 0 Å². The molecule has 1 aliphatic rings. The number of hydrogen-bond donors (Lipinski definition) is 0. The monoisotopic (exact) mass is 414 g/mol. The van der Waals surface area contributed by atoms with E-state index in [1.54, 1.807) is 5.57 Å². The highest BCUT2D eigenvalue weighted by molar-refractivity contribution is 7.72. The smallest absolute Gasteiger partial charge is 0.184 e. The van der Waals surface area contributed by atoms with Crippen molar-refractivity contribution in [2.75, 3.05) is 0 Å². The third-order valence-corrected chi connectivity index (χ3v) is 45.5. The predicted molar refractivity (Wildman–Crippen MR) is 127 cm³/mol. The van der Waals surface area contributed by atoms with Gasteiger partial charge in [-0.25, -0.2) is 0 Å². The summed E-state index contributed by atoms with van der Waals surface area (Å²) in [6, 6.07) is 0. The number of hydrogen-bond acceptors (Lipinski definition) is 1. The van der Waals surface area contributed by atoms with E-state index in [4.69, 9.17) is 4.43 Å². The van der Waals surface area contributed by atoms with Gasteiger partial charge in [-0.2, -0.15) is 0 Å². The SMILES string of the molecule is CC(C)(C)C1=C[Si]([Si](C)(C)C)([Si](C)(C)C)[C@]1(O[Si](C)(C)C)C(C)(C)C. The van der Waals surface area contributed by atoms with Gasteiger partial charge in [-0.15, -0.1) is 0 Å². The van der Waals surface area contributed by atoms with Crippen molar-refractivity contribution >= 4 is 30.6 Å². The Kier molecular flexibility index (Phi) is 5.69.